The molecule has 3 heteroatoms. The minimum absolute atomic E-state index is 0.294. The first-order valence-corrected chi connectivity index (χ1v) is 5.26. The average Bonchev–Trinajstić information content (AvgIpc) is 2.57. The van der Waals surface area contributed by atoms with E-state index in [-0.39, 0.29) is 0 Å². The smallest absolute Gasteiger partial charge is 0.0700 e. The second-order valence-corrected chi connectivity index (χ2v) is 3.91. The van der Waals surface area contributed by atoms with Gasteiger partial charge < -0.3 is 15.2 Å². The number of ether oxygens (including phenoxy) is 1. The molecule has 78 valence electrons. The Labute approximate surface area is 80.5 Å². The molecule has 0 bridgehead atoms. The van der Waals surface area contributed by atoms with Gasteiger partial charge in [-0.25, -0.2) is 0 Å². The molecular formula is C10H21NO2. The fourth-order valence-corrected chi connectivity index (χ4v) is 1.62. The Morgan fingerprint density at radius 3 is 3.08 bits per heavy atom. The van der Waals surface area contributed by atoms with E-state index in [1.54, 1.807) is 0 Å². The van der Waals surface area contributed by atoms with E-state index in [4.69, 9.17) is 9.84 Å². The fourth-order valence-electron chi connectivity index (χ4n) is 1.62. The lowest BCUT2D eigenvalue weighted by Gasteiger charge is -2.14. The van der Waals surface area contributed by atoms with Crippen LogP contribution in [0.25, 0.3) is 0 Å². The van der Waals surface area contributed by atoms with Gasteiger partial charge in [-0.2, -0.15) is 0 Å². The molecule has 1 aliphatic heterocycles. The number of aliphatic hydroxyl groups is 1. The Bertz CT molecular complexity index is 124. The zero-order valence-corrected chi connectivity index (χ0v) is 8.46. The molecule has 0 spiro atoms. The highest BCUT2D eigenvalue weighted by Gasteiger charge is 2.14. The molecule has 1 rings (SSSR count). The van der Waals surface area contributed by atoms with E-state index in [0.29, 0.717) is 18.6 Å². The van der Waals surface area contributed by atoms with E-state index < -0.39 is 0 Å². The fraction of sp³-hybridized carbons (Fsp3) is 1.00. The minimum Gasteiger partial charge on any atom is -0.396 e. The molecule has 2 atom stereocenters. The molecule has 2 N–H and O–H groups in total. The summed E-state index contributed by atoms with van der Waals surface area (Å²) in [5.74, 6) is 0.561. The van der Waals surface area contributed by atoms with Gasteiger partial charge in [0.1, 0.15) is 0 Å². The quantitative estimate of drug-likeness (QED) is 0.645. The van der Waals surface area contributed by atoms with Crippen LogP contribution in [0.1, 0.15) is 26.2 Å². The van der Waals surface area contributed by atoms with Gasteiger partial charge in [0, 0.05) is 19.8 Å². The molecule has 0 saturated carbocycles. The standard InChI is InChI=1S/C10H21NO2/c1-9(4-5-12)7-11-8-10-3-2-6-13-10/h9-12H,2-8H2,1H3. The lowest BCUT2D eigenvalue weighted by Crippen LogP contribution is -2.30. The predicted molar refractivity (Wildman–Crippen MR) is 52.7 cm³/mol. The van der Waals surface area contributed by atoms with Gasteiger partial charge >= 0.3 is 0 Å². The van der Waals surface area contributed by atoms with Crippen molar-refractivity contribution in [2.24, 2.45) is 5.92 Å². The van der Waals surface area contributed by atoms with Crippen molar-refractivity contribution in [3.8, 4) is 0 Å². The lowest BCUT2D eigenvalue weighted by molar-refractivity contribution is 0.109. The first kappa shape index (κ1) is 11.0. The Morgan fingerprint density at radius 2 is 2.46 bits per heavy atom. The third-order valence-electron chi connectivity index (χ3n) is 2.51. The predicted octanol–water partition coefficient (Wildman–Crippen LogP) is 0.773. The summed E-state index contributed by atoms with van der Waals surface area (Å²) in [6.07, 6.45) is 3.72. The number of nitrogens with one attached hydrogen (secondary N) is 1. The van der Waals surface area contributed by atoms with Crippen LogP contribution in [0.4, 0.5) is 0 Å². The SMILES string of the molecule is CC(CCO)CNCC1CCCO1. The maximum atomic E-state index is 8.70. The molecule has 13 heavy (non-hydrogen) atoms. The van der Waals surface area contributed by atoms with E-state index in [0.717, 1.165) is 26.1 Å². The monoisotopic (exact) mass is 187 g/mol. The Balaban J connectivity index is 1.93. The van der Waals surface area contributed by atoms with Crippen LogP contribution in [-0.2, 0) is 4.74 Å². The van der Waals surface area contributed by atoms with Gasteiger partial charge in [-0.15, -0.1) is 0 Å². The lowest BCUT2D eigenvalue weighted by atomic mass is 10.1. The molecule has 0 aromatic carbocycles. The highest BCUT2D eigenvalue weighted by atomic mass is 16.5. The molecule has 3 nitrogen and oxygen atoms in total. The van der Waals surface area contributed by atoms with Crippen LogP contribution in [0.3, 0.4) is 0 Å². The second-order valence-electron chi connectivity index (χ2n) is 3.91. The third kappa shape index (κ3) is 4.60. The van der Waals surface area contributed by atoms with Crippen LogP contribution in [0.5, 0.6) is 0 Å². The van der Waals surface area contributed by atoms with Crippen molar-refractivity contribution in [2.45, 2.75) is 32.3 Å². The summed E-state index contributed by atoms with van der Waals surface area (Å²) < 4.78 is 5.48. The van der Waals surface area contributed by atoms with Crippen molar-refractivity contribution in [3.63, 3.8) is 0 Å². The van der Waals surface area contributed by atoms with Crippen molar-refractivity contribution in [3.05, 3.63) is 0 Å². The summed E-state index contributed by atoms with van der Waals surface area (Å²) >= 11 is 0. The van der Waals surface area contributed by atoms with Gasteiger partial charge in [0.05, 0.1) is 6.10 Å². The zero-order valence-electron chi connectivity index (χ0n) is 8.46. The average molecular weight is 187 g/mol. The molecule has 2 unspecified atom stereocenters. The van der Waals surface area contributed by atoms with Gasteiger partial charge in [-0.3, -0.25) is 0 Å². The van der Waals surface area contributed by atoms with Crippen LogP contribution in [0.2, 0.25) is 0 Å². The van der Waals surface area contributed by atoms with Gasteiger partial charge in [-0.05, 0) is 31.7 Å². The summed E-state index contributed by atoms with van der Waals surface area (Å²) in [6, 6.07) is 0. The second kappa shape index (κ2) is 6.35. The molecule has 1 fully saturated rings. The molecule has 1 aliphatic rings. The van der Waals surface area contributed by atoms with E-state index in [2.05, 4.69) is 12.2 Å². The number of rotatable bonds is 6. The molecule has 0 amide bonds. The maximum absolute atomic E-state index is 8.70. The van der Waals surface area contributed by atoms with Crippen LogP contribution in [0, 0.1) is 5.92 Å². The molecule has 0 aromatic heterocycles. The Kier molecular flexibility index (Phi) is 5.35. The van der Waals surface area contributed by atoms with Crippen molar-refractivity contribution < 1.29 is 9.84 Å². The third-order valence-corrected chi connectivity index (χ3v) is 2.51. The zero-order chi connectivity index (χ0) is 9.52. The number of aliphatic hydroxyl groups excluding tert-OH is 1. The Hall–Kier alpha value is -0.120. The van der Waals surface area contributed by atoms with E-state index in [1.165, 1.54) is 12.8 Å². The molecule has 0 radical (unpaired) electrons. The Morgan fingerprint density at radius 1 is 1.62 bits per heavy atom. The van der Waals surface area contributed by atoms with Crippen LogP contribution < -0.4 is 5.32 Å². The number of hydrogen-bond acceptors (Lipinski definition) is 3. The van der Waals surface area contributed by atoms with Gasteiger partial charge in [0.2, 0.25) is 0 Å². The first-order valence-electron chi connectivity index (χ1n) is 5.26. The molecular weight excluding hydrogens is 166 g/mol. The molecule has 0 aliphatic carbocycles. The largest absolute Gasteiger partial charge is 0.396 e. The highest BCUT2D eigenvalue weighted by molar-refractivity contribution is 4.68. The van der Waals surface area contributed by atoms with Gasteiger partial charge in [0.25, 0.3) is 0 Å². The normalized spacial score (nSPS) is 24.9. The molecule has 0 aromatic rings. The van der Waals surface area contributed by atoms with Crippen LogP contribution in [0.15, 0.2) is 0 Å². The first-order chi connectivity index (χ1) is 6.33. The summed E-state index contributed by atoms with van der Waals surface area (Å²) in [5.41, 5.74) is 0. The molecule has 1 heterocycles. The van der Waals surface area contributed by atoms with E-state index in [1.807, 2.05) is 0 Å². The summed E-state index contributed by atoms with van der Waals surface area (Å²) in [5, 5.41) is 12.1. The van der Waals surface area contributed by atoms with E-state index in [9.17, 15) is 0 Å². The topological polar surface area (TPSA) is 41.5 Å². The number of hydrogen-bond donors (Lipinski definition) is 2. The van der Waals surface area contributed by atoms with E-state index >= 15 is 0 Å². The highest BCUT2D eigenvalue weighted by Crippen LogP contribution is 2.10. The summed E-state index contributed by atoms with van der Waals surface area (Å²) in [4.78, 5) is 0. The minimum atomic E-state index is 0.294. The maximum Gasteiger partial charge on any atom is 0.0700 e. The van der Waals surface area contributed by atoms with Crippen molar-refractivity contribution in [1.82, 2.24) is 5.32 Å². The molecule has 1 saturated heterocycles. The van der Waals surface area contributed by atoms with Gasteiger partial charge in [0.15, 0.2) is 0 Å². The van der Waals surface area contributed by atoms with Crippen molar-refractivity contribution in [2.75, 3.05) is 26.3 Å². The van der Waals surface area contributed by atoms with Crippen molar-refractivity contribution in [1.29, 1.82) is 0 Å². The van der Waals surface area contributed by atoms with Crippen molar-refractivity contribution >= 4 is 0 Å². The van der Waals surface area contributed by atoms with Gasteiger partial charge in [-0.1, -0.05) is 6.92 Å². The van der Waals surface area contributed by atoms with Crippen LogP contribution in [-0.4, -0.2) is 37.5 Å². The summed E-state index contributed by atoms with van der Waals surface area (Å²) in [6.45, 7) is 5.33. The van der Waals surface area contributed by atoms with Crippen LogP contribution >= 0.6 is 0 Å². The summed E-state index contributed by atoms with van der Waals surface area (Å²) in [7, 11) is 0.